The Labute approximate surface area is 167 Å². The van der Waals surface area contributed by atoms with Crippen molar-refractivity contribution < 1.29 is 14.0 Å². The molecule has 28 heavy (non-hydrogen) atoms. The average molecular weight is 390 g/mol. The zero-order valence-electron chi connectivity index (χ0n) is 17.0. The lowest BCUT2D eigenvalue weighted by atomic mass is 9.93. The number of likely N-dealkylation sites (tertiary alicyclic amines) is 1. The summed E-state index contributed by atoms with van der Waals surface area (Å²) in [5, 5.41) is 3.17. The van der Waals surface area contributed by atoms with Crippen molar-refractivity contribution >= 4 is 11.8 Å². The van der Waals surface area contributed by atoms with Crippen molar-refractivity contribution in [3.63, 3.8) is 0 Å². The van der Waals surface area contributed by atoms with Gasteiger partial charge in [-0.15, -0.1) is 0 Å². The zero-order chi connectivity index (χ0) is 20.1. The van der Waals surface area contributed by atoms with E-state index in [0.717, 1.165) is 31.2 Å². The molecule has 2 aliphatic rings. The van der Waals surface area contributed by atoms with Crippen LogP contribution in [0.5, 0.6) is 0 Å². The van der Waals surface area contributed by atoms with Crippen LogP contribution in [-0.2, 0) is 16.0 Å². The largest absolute Gasteiger partial charge is 0.354 e. The molecule has 1 aliphatic heterocycles. The van der Waals surface area contributed by atoms with Crippen LogP contribution in [0.2, 0.25) is 0 Å². The Balaban J connectivity index is 1.52. The Morgan fingerprint density at radius 1 is 1.18 bits per heavy atom. The molecule has 1 atom stereocenters. The maximum Gasteiger partial charge on any atom is 0.227 e. The lowest BCUT2D eigenvalue weighted by molar-refractivity contribution is -0.135. The smallest absolute Gasteiger partial charge is 0.227 e. The highest BCUT2D eigenvalue weighted by Gasteiger charge is 2.37. The van der Waals surface area contributed by atoms with Crippen LogP contribution in [0.25, 0.3) is 0 Å². The molecule has 1 aliphatic carbocycles. The third-order valence-corrected chi connectivity index (χ3v) is 6.49. The SMILES string of the molecule is CN(C)C1(CNC(=O)C2CCCN(C(=O)Cc3ccc(F)cc3)C2)CCCC1. The molecule has 1 aromatic carbocycles. The van der Waals surface area contributed by atoms with E-state index in [1.54, 1.807) is 17.0 Å². The van der Waals surface area contributed by atoms with Gasteiger partial charge >= 0.3 is 0 Å². The van der Waals surface area contributed by atoms with Crippen molar-refractivity contribution in [2.45, 2.75) is 50.5 Å². The van der Waals surface area contributed by atoms with E-state index >= 15 is 0 Å². The summed E-state index contributed by atoms with van der Waals surface area (Å²) in [6.07, 6.45) is 6.57. The second-order valence-corrected chi connectivity index (χ2v) is 8.53. The molecular weight excluding hydrogens is 357 g/mol. The standard InChI is InChI=1S/C22H32FN3O2/c1-25(2)22(11-3-4-12-22)16-24-21(28)18-6-5-13-26(15-18)20(27)14-17-7-9-19(23)10-8-17/h7-10,18H,3-6,11-16H2,1-2H3,(H,24,28). The molecule has 0 radical (unpaired) electrons. The number of nitrogens with one attached hydrogen (secondary N) is 1. The first-order chi connectivity index (χ1) is 13.4. The van der Waals surface area contributed by atoms with E-state index < -0.39 is 0 Å². The predicted octanol–water partition coefficient (Wildman–Crippen LogP) is 2.60. The summed E-state index contributed by atoms with van der Waals surface area (Å²) in [5.41, 5.74) is 0.870. The summed E-state index contributed by atoms with van der Waals surface area (Å²) in [6, 6.07) is 6.03. The molecule has 1 saturated carbocycles. The van der Waals surface area contributed by atoms with E-state index in [0.29, 0.717) is 19.6 Å². The molecule has 1 aromatic rings. The van der Waals surface area contributed by atoms with Gasteiger partial charge in [-0.1, -0.05) is 25.0 Å². The zero-order valence-corrected chi connectivity index (χ0v) is 17.0. The Hall–Kier alpha value is -1.95. The minimum absolute atomic E-state index is 0.00432. The average Bonchev–Trinajstić information content (AvgIpc) is 3.18. The van der Waals surface area contributed by atoms with E-state index in [-0.39, 0.29) is 35.5 Å². The molecule has 5 nitrogen and oxygen atoms in total. The molecule has 0 spiro atoms. The van der Waals surface area contributed by atoms with Gasteiger partial charge in [0.05, 0.1) is 12.3 Å². The molecule has 0 aromatic heterocycles. The van der Waals surface area contributed by atoms with Crippen LogP contribution in [0.3, 0.4) is 0 Å². The van der Waals surface area contributed by atoms with Gasteiger partial charge in [-0.25, -0.2) is 4.39 Å². The van der Waals surface area contributed by atoms with E-state index in [1.807, 2.05) is 0 Å². The quantitative estimate of drug-likeness (QED) is 0.814. The number of rotatable bonds is 6. The van der Waals surface area contributed by atoms with Crippen molar-refractivity contribution in [1.29, 1.82) is 0 Å². The van der Waals surface area contributed by atoms with E-state index in [4.69, 9.17) is 0 Å². The van der Waals surface area contributed by atoms with Gasteiger partial charge in [0.2, 0.25) is 11.8 Å². The van der Waals surface area contributed by atoms with Gasteiger partial charge in [0.1, 0.15) is 5.82 Å². The van der Waals surface area contributed by atoms with Gasteiger partial charge in [-0.2, -0.15) is 0 Å². The van der Waals surface area contributed by atoms with Crippen molar-refractivity contribution in [2.24, 2.45) is 5.92 Å². The second-order valence-electron chi connectivity index (χ2n) is 8.53. The van der Waals surface area contributed by atoms with Crippen molar-refractivity contribution in [3.8, 4) is 0 Å². The molecule has 3 rings (SSSR count). The first-order valence-electron chi connectivity index (χ1n) is 10.4. The number of piperidine rings is 1. The van der Waals surface area contributed by atoms with Gasteiger partial charge in [-0.05, 0) is 57.5 Å². The monoisotopic (exact) mass is 389 g/mol. The van der Waals surface area contributed by atoms with Gasteiger partial charge in [0, 0.05) is 25.2 Å². The maximum atomic E-state index is 13.0. The number of halogens is 1. The molecule has 1 unspecified atom stereocenters. The van der Waals surface area contributed by atoms with Crippen molar-refractivity contribution in [3.05, 3.63) is 35.6 Å². The van der Waals surface area contributed by atoms with Crippen LogP contribution in [0.4, 0.5) is 4.39 Å². The van der Waals surface area contributed by atoms with Crippen LogP contribution in [0.15, 0.2) is 24.3 Å². The first-order valence-corrected chi connectivity index (χ1v) is 10.4. The maximum absolute atomic E-state index is 13.0. The number of likely N-dealkylation sites (N-methyl/N-ethyl adjacent to an activating group) is 1. The highest BCUT2D eigenvalue weighted by Crippen LogP contribution is 2.33. The fourth-order valence-corrected chi connectivity index (χ4v) is 4.52. The number of carbonyl (C=O) groups is 2. The number of amides is 2. The highest BCUT2D eigenvalue weighted by atomic mass is 19.1. The molecule has 154 valence electrons. The Morgan fingerprint density at radius 3 is 2.50 bits per heavy atom. The first kappa shape index (κ1) is 20.8. The molecule has 1 N–H and O–H groups in total. The Kier molecular flexibility index (Phi) is 6.70. The Bertz CT molecular complexity index is 684. The molecule has 6 heteroatoms. The summed E-state index contributed by atoms with van der Waals surface area (Å²) < 4.78 is 13.0. The Morgan fingerprint density at radius 2 is 1.86 bits per heavy atom. The number of nitrogens with zero attached hydrogens (tertiary/aromatic N) is 2. The van der Waals surface area contributed by atoms with E-state index in [1.165, 1.54) is 25.0 Å². The number of hydrogen-bond acceptors (Lipinski definition) is 3. The van der Waals surface area contributed by atoms with Crippen LogP contribution in [-0.4, -0.2) is 60.9 Å². The lowest BCUT2D eigenvalue weighted by Crippen LogP contribution is -2.53. The fourth-order valence-electron chi connectivity index (χ4n) is 4.52. The third kappa shape index (κ3) is 4.90. The molecule has 1 heterocycles. The third-order valence-electron chi connectivity index (χ3n) is 6.49. The van der Waals surface area contributed by atoms with Gasteiger partial charge in [-0.3, -0.25) is 9.59 Å². The normalized spacial score (nSPS) is 21.7. The number of hydrogen-bond donors (Lipinski definition) is 1. The van der Waals surface area contributed by atoms with Crippen molar-refractivity contribution in [1.82, 2.24) is 15.1 Å². The van der Waals surface area contributed by atoms with Crippen molar-refractivity contribution in [2.75, 3.05) is 33.7 Å². The van der Waals surface area contributed by atoms with Crippen LogP contribution < -0.4 is 5.32 Å². The lowest BCUT2D eigenvalue weighted by Gasteiger charge is -2.38. The summed E-state index contributed by atoms with van der Waals surface area (Å²) in [5.74, 6) is -0.382. The van der Waals surface area contributed by atoms with Crippen LogP contribution >= 0.6 is 0 Å². The van der Waals surface area contributed by atoms with Gasteiger partial charge in [0.25, 0.3) is 0 Å². The summed E-state index contributed by atoms with van der Waals surface area (Å²) in [7, 11) is 4.18. The minimum atomic E-state index is -0.302. The summed E-state index contributed by atoms with van der Waals surface area (Å²) >= 11 is 0. The van der Waals surface area contributed by atoms with Gasteiger partial charge < -0.3 is 15.1 Å². The second kappa shape index (κ2) is 9.03. The van der Waals surface area contributed by atoms with E-state index in [2.05, 4.69) is 24.3 Å². The highest BCUT2D eigenvalue weighted by molar-refractivity contribution is 5.82. The molecule has 1 saturated heterocycles. The summed E-state index contributed by atoms with van der Waals surface area (Å²) in [6.45, 7) is 1.84. The summed E-state index contributed by atoms with van der Waals surface area (Å²) in [4.78, 5) is 29.4. The molecule has 2 fully saturated rings. The topological polar surface area (TPSA) is 52.7 Å². The van der Waals surface area contributed by atoms with Crippen LogP contribution in [0.1, 0.15) is 44.1 Å². The van der Waals surface area contributed by atoms with Crippen LogP contribution in [0, 0.1) is 11.7 Å². The molecular formula is C22H32FN3O2. The minimum Gasteiger partial charge on any atom is -0.354 e. The molecule has 0 bridgehead atoms. The number of carbonyl (C=O) groups excluding carboxylic acids is 2. The molecule has 2 amide bonds. The number of benzene rings is 1. The van der Waals surface area contributed by atoms with E-state index in [9.17, 15) is 14.0 Å². The fraction of sp³-hybridized carbons (Fsp3) is 0.636. The predicted molar refractivity (Wildman–Crippen MR) is 107 cm³/mol. The van der Waals surface area contributed by atoms with Gasteiger partial charge in [0.15, 0.2) is 0 Å².